The maximum atomic E-state index is 13.1. The van der Waals surface area contributed by atoms with E-state index in [9.17, 15) is 43.2 Å². The molecule has 0 aliphatic heterocycles. The van der Waals surface area contributed by atoms with Crippen molar-refractivity contribution in [1.82, 2.24) is 0 Å². The molecule has 0 saturated heterocycles. The molecule has 0 aliphatic carbocycles. The minimum Gasteiger partial charge on any atom is -0.462 e. The van der Waals surface area contributed by atoms with Crippen LogP contribution in [0.3, 0.4) is 0 Å². The summed E-state index contributed by atoms with van der Waals surface area (Å²) in [6.45, 7) is 7.25. The van der Waals surface area contributed by atoms with Crippen LogP contribution >= 0.6 is 15.6 Å². The fourth-order valence-corrected chi connectivity index (χ4v) is 12.8. The van der Waals surface area contributed by atoms with Gasteiger partial charge in [-0.05, 0) is 31.6 Å². The molecule has 0 amide bonds. The predicted molar refractivity (Wildman–Crippen MR) is 372 cm³/mol. The maximum absolute atomic E-state index is 13.1. The van der Waals surface area contributed by atoms with Gasteiger partial charge in [-0.25, -0.2) is 9.13 Å². The summed E-state index contributed by atoms with van der Waals surface area (Å²) in [6, 6.07) is 0. The second kappa shape index (κ2) is 66.3. The number of unbranched alkanes of at least 4 members (excludes halogenated alkanes) is 45. The van der Waals surface area contributed by atoms with E-state index in [-0.39, 0.29) is 25.7 Å². The molecular weight excluding hydrogens is 1210 g/mol. The Kier molecular flexibility index (Phi) is 64.9. The van der Waals surface area contributed by atoms with E-state index in [1.165, 1.54) is 205 Å². The lowest BCUT2D eigenvalue weighted by atomic mass is 10.0. The first-order valence-electron chi connectivity index (χ1n) is 38.1. The Hall–Kier alpha value is -1.94. The van der Waals surface area contributed by atoms with Gasteiger partial charge in [-0.3, -0.25) is 37.3 Å². The molecule has 19 heteroatoms. The first-order valence-corrected chi connectivity index (χ1v) is 41.1. The minimum absolute atomic E-state index is 0.107. The van der Waals surface area contributed by atoms with Crippen molar-refractivity contribution in [3.63, 3.8) is 0 Å². The van der Waals surface area contributed by atoms with Crippen LogP contribution in [-0.4, -0.2) is 96.7 Å². The molecule has 0 aliphatic rings. The molecule has 92 heavy (non-hydrogen) atoms. The Morgan fingerprint density at radius 1 is 0.293 bits per heavy atom. The average molecular weight is 1350 g/mol. The Labute approximate surface area is 562 Å². The van der Waals surface area contributed by atoms with Crippen molar-refractivity contribution in [2.24, 2.45) is 5.92 Å². The number of aliphatic hydroxyl groups excluding tert-OH is 1. The Morgan fingerprint density at radius 3 is 0.739 bits per heavy atom. The number of rotatable bonds is 73. The number of carbonyl (C=O) groups excluding carboxylic acids is 4. The molecule has 0 aromatic heterocycles. The SMILES string of the molecule is CCCCCCCCCCCCCCCCCCCCCC(=O)O[C@H](COC(=O)CCCCCCCCCCCCC(C)C)COP(=O)(O)OC[C@@H](O)COP(=O)(O)OC[C@@H](COC(=O)CCCCCCCCCCC)OC(=O)CCCCCCCCCCCCC. The summed E-state index contributed by atoms with van der Waals surface area (Å²) in [5.41, 5.74) is 0. The average Bonchev–Trinajstić information content (AvgIpc) is 2.81. The van der Waals surface area contributed by atoms with Crippen molar-refractivity contribution in [3.05, 3.63) is 0 Å². The zero-order chi connectivity index (χ0) is 67.7. The number of ether oxygens (including phenoxy) is 4. The molecule has 0 spiro atoms. The van der Waals surface area contributed by atoms with Gasteiger partial charge < -0.3 is 33.8 Å². The monoisotopic (exact) mass is 1350 g/mol. The highest BCUT2D eigenvalue weighted by Gasteiger charge is 2.30. The molecule has 0 fully saturated rings. The van der Waals surface area contributed by atoms with Gasteiger partial charge in [-0.15, -0.1) is 0 Å². The van der Waals surface area contributed by atoms with E-state index < -0.39 is 97.5 Å². The first kappa shape index (κ1) is 90.1. The van der Waals surface area contributed by atoms with E-state index in [2.05, 4.69) is 34.6 Å². The molecule has 0 aromatic rings. The predicted octanol–water partition coefficient (Wildman–Crippen LogP) is 21.3. The number of esters is 4. The van der Waals surface area contributed by atoms with Crippen molar-refractivity contribution in [1.29, 1.82) is 0 Å². The molecule has 5 atom stereocenters. The molecule has 0 rings (SSSR count). The second-order valence-electron chi connectivity index (χ2n) is 26.8. The molecule has 2 unspecified atom stereocenters. The van der Waals surface area contributed by atoms with Gasteiger partial charge in [0, 0.05) is 25.7 Å². The van der Waals surface area contributed by atoms with Crippen LogP contribution in [-0.2, 0) is 65.4 Å². The molecule has 0 aromatic carbocycles. The summed E-state index contributed by atoms with van der Waals surface area (Å²) in [6.07, 6.45) is 54.1. The molecule has 0 bridgehead atoms. The van der Waals surface area contributed by atoms with Crippen molar-refractivity contribution in [3.8, 4) is 0 Å². The van der Waals surface area contributed by atoms with Crippen LogP contribution in [0.25, 0.3) is 0 Å². The van der Waals surface area contributed by atoms with Gasteiger partial charge in [0.2, 0.25) is 0 Å². The standard InChI is InChI=1S/C73H142O17P2/c1-6-9-12-15-18-21-23-24-25-26-27-28-29-30-32-39-44-49-54-59-73(78)90-69(63-84-71(76)57-52-47-42-37-34-33-36-40-45-50-55-66(4)5)65-88-92(81,82)86-61-67(74)60-85-91(79,80)87-64-68(62-83-70(75)56-51-46-41-35-20-17-14-11-8-3)89-72(77)58-53-48-43-38-31-22-19-16-13-10-7-2/h66-69,74H,6-65H2,1-5H3,(H,79,80)(H,81,82)/t67-,68+,69+/m0/s1. The number of phosphoric acid groups is 2. The number of hydrogen-bond acceptors (Lipinski definition) is 15. The van der Waals surface area contributed by atoms with Crippen LogP contribution in [0.1, 0.15) is 381 Å². The van der Waals surface area contributed by atoms with Gasteiger partial charge in [0.1, 0.15) is 19.3 Å². The molecule has 0 saturated carbocycles. The molecular formula is C73H142O17P2. The van der Waals surface area contributed by atoms with E-state index >= 15 is 0 Å². The van der Waals surface area contributed by atoms with Crippen LogP contribution in [0, 0.1) is 5.92 Å². The van der Waals surface area contributed by atoms with Gasteiger partial charge >= 0.3 is 39.5 Å². The third-order valence-electron chi connectivity index (χ3n) is 17.0. The summed E-state index contributed by atoms with van der Waals surface area (Å²) in [7, 11) is -9.90. The third kappa shape index (κ3) is 66.7. The van der Waals surface area contributed by atoms with Gasteiger partial charge in [-0.1, -0.05) is 330 Å². The van der Waals surface area contributed by atoms with E-state index in [1.54, 1.807) is 0 Å². The number of hydrogen-bond donors (Lipinski definition) is 3. The summed E-state index contributed by atoms with van der Waals surface area (Å²) in [5.74, 6) is -1.36. The summed E-state index contributed by atoms with van der Waals surface area (Å²) in [5, 5.41) is 10.6. The lowest BCUT2D eigenvalue weighted by molar-refractivity contribution is -0.161. The van der Waals surface area contributed by atoms with Crippen LogP contribution in [0.2, 0.25) is 0 Å². The van der Waals surface area contributed by atoms with Crippen LogP contribution in [0.4, 0.5) is 0 Å². The fourth-order valence-electron chi connectivity index (χ4n) is 11.2. The van der Waals surface area contributed by atoms with Crippen molar-refractivity contribution >= 4 is 39.5 Å². The topological polar surface area (TPSA) is 237 Å². The maximum Gasteiger partial charge on any atom is 0.472 e. The van der Waals surface area contributed by atoms with Crippen molar-refractivity contribution in [2.45, 2.75) is 400 Å². The molecule has 546 valence electrons. The number of aliphatic hydroxyl groups is 1. The highest BCUT2D eigenvalue weighted by molar-refractivity contribution is 7.47. The first-order chi connectivity index (χ1) is 44.5. The Balaban J connectivity index is 5.20. The third-order valence-corrected chi connectivity index (χ3v) is 18.9. The van der Waals surface area contributed by atoms with Crippen molar-refractivity contribution < 1.29 is 80.2 Å². The van der Waals surface area contributed by atoms with Crippen molar-refractivity contribution in [2.75, 3.05) is 39.6 Å². The fraction of sp³-hybridized carbons (Fsp3) is 0.945. The number of phosphoric ester groups is 2. The lowest BCUT2D eigenvalue weighted by Crippen LogP contribution is -2.30. The van der Waals surface area contributed by atoms with E-state index in [4.69, 9.17) is 37.0 Å². The van der Waals surface area contributed by atoms with Gasteiger partial charge in [0.25, 0.3) is 0 Å². The minimum atomic E-state index is -4.95. The molecule has 3 N–H and O–H groups in total. The summed E-state index contributed by atoms with van der Waals surface area (Å²) in [4.78, 5) is 72.6. The summed E-state index contributed by atoms with van der Waals surface area (Å²) < 4.78 is 68.3. The van der Waals surface area contributed by atoms with Gasteiger partial charge in [0.05, 0.1) is 26.4 Å². The van der Waals surface area contributed by atoms with Gasteiger partial charge in [-0.2, -0.15) is 0 Å². The highest BCUT2D eigenvalue weighted by atomic mass is 31.2. The zero-order valence-electron chi connectivity index (χ0n) is 59.7. The Bertz CT molecular complexity index is 1770. The summed E-state index contributed by atoms with van der Waals surface area (Å²) >= 11 is 0. The van der Waals surface area contributed by atoms with E-state index in [0.717, 1.165) is 95.8 Å². The van der Waals surface area contributed by atoms with Crippen LogP contribution in [0.5, 0.6) is 0 Å². The van der Waals surface area contributed by atoms with E-state index in [0.29, 0.717) is 25.7 Å². The second-order valence-corrected chi connectivity index (χ2v) is 29.7. The van der Waals surface area contributed by atoms with E-state index in [1.807, 2.05) is 0 Å². The quantitative estimate of drug-likeness (QED) is 0.0222. The van der Waals surface area contributed by atoms with Crippen LogP contribution < -0.4 is 0 Å². The van der Waals surface area contributed by atoms with Crippen LogP contribution in [0.15, 0.2) is 0 Å². The lowest BCUT2D eigenvalue weighted by Gasteiger charge is -2.21. The normalized spacial score (nSPS) is 14.0. The molecule has 0 heterocycles. The molecule has 0 radical (unpaired) electrons. The smallest absolute Gasteiger partial charge is 0.462 e. The van der Waals surface area contributed by atoms with Gasteiger partial charge in [0.15, 0.2) is 12.2 Å². The largest absolute Gasteiger partial charge is 0.472 e. The highest BCUT2D eigenvalue weighted by Crippen LogP contribution is 2.45. The number of carbonyl (C=O) groups is 4. The Morgan fingerprint density at radius 2 is 0.500 bits per heavy atom. The molecule has 17 nitrogen and oxygen atoms in total. The zero-order valence-corrected chi connectivity index (χ0v) is 61.5.